The molecule has 0 unspecified atom stereocenters. The van der Waals surface area contributed by atoms with Crippen LogP contribution in [0.25, 0.3) is 0 Å². The van der Waals surface area contributed by atoms with Crippen LogP contribution in [0.3, 0.4) is 0 Å². The second kappa shape index (κ2) is 16.4. The minimum atomic E-state index is -1.10. The number of nitrogens with zero attached hydrogens (tertiary/aromatic N) is 3. The molecule has 43 heavy (non-hydrogen) atoms. The molecule has 0 spiro atoms. The molecule has 3 atom stereocenters. The molecular formula is C30H41N7O6. The van der Waals surface area contributed by atoms with Gasteiger partial charge in [-0.25, -0.2) is 4.79 Å². The van der Waals surface area contributed by atoms with Crippen molar-refractivity contribution in [3.05, 3.63) is 47.8 Å². The summed E-state index contributed by atoms with van der Waals surface area (Å²) in [6, 6.07) is 6.24. The van der Waals surface area contributed by atoms with Gasteiger partial charge in [0.1, 0.15) is 25.0 Å². The van der Waals surface area contributed by atoms with Crippen LogP contribution in [0, 0.1) is 5.92 Å². The van der Waals surface area contributed by atoms with Crippen molar-refractivity contribution in [2.75, 3.05) is 6.54 Å². The van der Waals surface area contributed by atoms with Crippen molar-refractivity contribution in [3.63, 3.8) is 0 Å². The highest BCUT2D eigenvalue weighted by Gasteiger charge is 2.31. The summed E-state index contributed by atoms with van der Waals surface area (Å²) in [5, 5.41) is 19.3. The van der Waals surface area contributed by atoms with Gasteiger partial charge in [0.2, 0.25) is 17.7 Å². The maximum absolute atomic E-state index is 13.7. The Morgan fingerprint density at radius 1 is 1.02 bits per heavy atom. The fourth-order valence-corrected chi connectivity index (χ4v) is 5.43. The summed E-state index contributed by atoms with van der Waals surface area (Å²) in [5.74, 6) is -1.08. The lowest BCUT2D eigenvalue weighted by Gasteiger charge is -2.28. The van der Waals surface area contributed by atoms with E-state index in [1.54, 1.807) is 10.9 Å². The second-order valence-electron chi connectivity index (χ2n) is 11.2. The third-order valence-corrected chi connectivity index (χ3v) is 7.81. The normalized spacial score (nSPS) is 23.1. The lowest BCUT2D eigenvalue weighted by molar-refractivity contribution is -0.131. The molecule has 1 fully saturated rings. The number of ether oxygens (including phenoxy) is 1. The van der Waals surface area contributed by atoms with Gasteiger partial charge in [-0.2, -0.15) is 0 Å². The number of hydrogen-bond acceptors (Lipinski definition) is 8. The molecule has 1 aliphatic heterocycles. The van der Waals surface area contributed by atoms with Crippen LogP contribution < -0.4 is 21.3 Å². The highest BCUT2D eigenvalue weighted by Crippen LogP contribution is 2.27. The first-order valence-electron chi connectivity index (χ1n) is 15.1. The number of rotatable bonds is 6. The van der Waals surface area contributed by atoms with Crippen molar-refractivity contribution < 1.29 is 28.7 Å². The number of benzene rings is 1. The molecule has 0 radical (unpaired) electrons. The van der Waals surface area contributed by atoms with Gasteiger partial charge in [-0.3, -0.25) is 19.1 Å². The number of aldehydes is 1. The van der Waals surface area contributed by atoms with E-state index in [1.807, 2.05) is 30.3 Å². The number of alkyl carbamates (subject to hydrolysis) is 1. The predicted octanol–water partition coefficient (Wildman–Crippen LogP) is 1.55. The summed E-state index contributed by atoms with van der Waals surface area (Å²) in [6.45, 7) is 0.899. The smallest absolute Gasteiger partial charge is 0.408 e. The third kappa shape index (κ3) is 10.5. The lowest BCUT2D eigenvalue weighted by atomic mass is 9.84. The van der Waals surface area contributed by atoms with Gasteiger partial charge in [0.15, 0.2) is 0 Å². The lowest BCUT2D eigenvalue weighted by Crippen LogP contribution is -2.56. The van der Waals surface area contributed by atoms with E-state index in [1.165, 1.54) is 0 Å². The van der Waals surface area contributed by atoms with Crippen molar-refractivity contribution in [1.82, 2.24) is 36.3 Å². The van der Waals surface area contributed by atoms with Gasteiger partial charge in [0.05, 0.1) is 11.7 Å². The first-order chi connectivity index (χ1) is 20.9. The average Bonchev–Trinajstić information content (AvgIpc) is 3.47. The van der Waals surface area contributed by atoms with E-state index >= 15 is 0 Å². The van der Waals surface area contributed by atoms with Crippen LogP contribution in [0.15, 0.2) is 36.5 Å². The Morgan fingerprint density at radius 3 is 2.58 bits per heavy atom. The summed E-state index contributed by atoms with van der Waals surface area (Å²) in [6.07, 6.45) is 7.79. The first-order valence-corrected chi connectivity index (χ1v) is 15.1. The Balaban J connectivity index is 1.53. The molecule has 4 rings (SSSR count). The quantitative estimate of drug-likeness (QED) is 0.364. The zero-order valence-electron chi connectivity index (χ0n) is 24.3. The van der Waals surface area contributed by atoms with Gasteiger partial charge in [0, 0.05) is 32.1 Å². The summed E-state index contributed by atoms with van der Waals surface area (Å²) in [4.78, 5) is 64.0. The van der Waals surface area contributed by atoms with E-state index in [-0.39, 0.29) is 37.7 Å². The van der Waals surface area contributed by atoms with Crippen molar-refractivity contribution in [2.24, 2.45) is 5.92 Å². The molecule has 1 aromatic heterocycles. The minimum Gasteiger partial charge on any atom is -0.445 e. The topological polar surface area (TPSA) is 173 Å². The Hall–Kier alpha value is -4.29. The second-order valence-corrected chi connectivity index (χ2v) is 11.2. The molecule has 1 aliphatic carbocycles. The number of carbonyl (C=O) groups excluding carboxylic acids is 5. The van der Waals surface area contributed by atoms with E-state index in [0.717, 1.165) is 37.7 Å². The summed E-state index contributed by atoms with van der Waals surface area (Å²) in [5.41, 5.74) is 1.25. The predicted molar refractivity (Wildman–Crippen MR) is 155 cm³/mol. The van der Waals surface area contributed by atoms with Crippen LogP contribution in [0.2, 0.25) is 0 Å². The number of nitrogens with one attached hydrogen (secondary N) is 4. The molecule has 232 valence electrons. The van der Waals surface area contributed by atoms with Crippen LogP contribution >= 0.6 is 0 Å². The largest absolute Gasteiger partial charge is 0.445 e. The fourth-order valence-electron chi connectivity index (χ4n) is 5.43. The molecule has 1 aromatic carbocycles. The van der Waals surface area contributed by atoms with Crippen LogP contribution in [0.1, 0.15) is 69.0 Å². The van der Waals surface area contributed by atoms with E-state index in [2.05, 4.69) is 31.6 Å². The number of amides is 4. The van der Waals surface area contributed by atoms with Crippen LogP contribution in [-0.2, 0) is 43.5 Å². The Labute approximate surface area is 250 Å². The van der Waals surface area contributed by atoms with Gasteiger partial charge in [-0.1, -0.05) is 67.6 Å². The minimum absolute atomic E-state index is 0.0116. The number of aromatic nitrogens is 3. The van der Waals surface area contributed by atoms with Gasteiger partial charge in [-0.05, 0) is 30.7 Å². The highest BCUT2D eigenvalue weighted by molar-refractivity contribution is 5.92. The molecule has 1 saturated carbocycles. The number of hydrogen-bond donors (Lipinski definition) is 4. The first kappa shape index (κ1) is 31.6. The van der Waals surface area contributed by atoms with E-state index in [0.29, 0.717) is 37.9 Å². The third-order valence-electron chi connectivity index (χ3n) is 7.81. The maximum Gasteiger partial charge on any atom is 0.408 e. The number of aryl methyl sites for hydroxylation is 1. The summed E-state index contributed by atoms with van der Waals surface area (Å²) >= 11 is 0. The Kier molecular flexibility index (Phi) is 12.0. The average molecular weight is 596 g/mol. The number of fused-ring (bicyclic) bond motifs is 2. The molecule has 0 saturated heterocycles. The van der Waals surface area contributed by atoms with Gasteiger partial charge in [-0.15, -0.1) is 5.10 Å². The number of carbonyl (C=O) groups is 5. The zero-order chi connectivity index (χ0) is 30.4. The Morgan fingerprint density at radius 2 is 1.81 bits per heavy atom. The van der Waals surface area contributed by atoms with Crippen molar-refractivity contribution in [3.8, 4) is 0 Å². The van der Waals surface area contributed by atoms with E-state index in [4.69, 9.17) is 4.74 Å². The SMILES string of the molecule is O=C[C@@H]1CCC(=O)NCCCn2cc(nn2)C[C@H](NC(=O)OCc2ccccc2)C(=O)N[C@@H](CC2CCCCC2)C(=O)N1. The molecule has 2 bridgehead atoms. The Bertz CT molecular complexity index is 1230. The van der Waals surface area contributed by atoms with Crippen LogP contribution in [0.4, 0.5) is 4.79 Å². The van der Waals surface area contributed by atoms with Gasteiger partial charge >= 0.3 is 6.09 Å². The van der Waals surface area contributed by atoms with Crippen LogP contribution in [-0.4, -0.2) is 69.8 Å². The van der Waals surface area contributed by atoms with Crippen molar-refractivity contribution >= 4 is 30.1 Å². The maximum atomic E-state index is 13.7. The zero-order valence-corrected chi connectivity index (χ0v) is 24.3. The summed E-state index contributed by atoms with van der Waals surface area (Å²) < 4.78 is 6.97. The highest BCUT2D eigenvalue weighted by atomic mass is 16.5. The molecule has 2 aromatic rings. The standard InChI is InChI=1S/C30H41N7O6/c38-19-23-12-13-27(39)31-14-7-15-37-18-24(35-36-37)17-26(34-30(42)43-20-22-10-5-2-6-11-22)29(41)33-25(28(40)32-23)16-21-8-3-1-4-9-21/h2,5-6,10-11,18-19,21,23,25-26H,1,3-4,7-9,12-17,20H2,(H,31,39)(H,32,40)(H,33,41)(H,34,42)/t23-,25-,26-/m0/s1. The van der Waals surface area contributed by atoms with Crippen molar-refractivity contribution in [1.29, 1.82) is 0 Å². The fraction of sp³-hybridized carbons (Fsp3) is 0.567. The molecule has 2 aliphatic rings. The van der Waals surface area contributed by atoms with Gasteiger partial charge in [0.25, 0.3) is 0 Å². The molecule has 4 amide bonds. The molecule has 13 heteroatoms. The molecular weight excluding hydrogens is 554 g/mol. The van der Waals surface area contributed by atoms with E-state index in [9.17, 15) is 24.0 Å². The van der Waals surface area contributed by atoms with Crippen LogP contribution in [0.5, 0.6) is 0 Å². The molecule has 4 N–H and O–H groups in total. The van der Waals surface area contributed by atoms with Gasteiger partial charge < -0.3 is 30.8 Å². The summed E-state index contributed by atoms with van der Waals surface area (Å²) in [7, 11) is 0. The molecule has 2 heterocycles. The van der Waals surface area contributed by atoms with E-state index < -0.39 is 36.0 Å². The monoisotopic (exact) mass is 595 g/mol. The molecule has 13 nitrogen and oxygen atoms in total. The van der Waals surface area contributed by atoms with Crippen molar-refractivity contribution in [2.45, 2.75) is 95.5 Å².